The molecule has 2 rings (SSSR count). The predicted molar refractivity (Wildman–Crippen MR) is 92.6 cm³/mol. The molecule has 0 amide bonds. The smallest absolute Gasteiger partial charge is 0.191 e. The lowest BCUT2D eigenvalue weighted by Gasteiger charge is -2.35. The molecule has 0 aliphatic heterocycles. The molecule has 114 valence electrons. The van der Waals surface area contributed by atoms with Crippen LogP contribution in [0.4, 0.5) is 0 Å². The standard InChI is InChI=1S/C14H24N4O.HI/c1-2-15-13(17-12-14(19)6-5-7-14)16-8-11-18-9-3-4-10-18;/h3-4,9-10,19H,2,5-8,11-12H2,1H3,(H2,15,16,17);1H. The first kappa shape index (κ1) is 17.3. The van der Waals surface area contributed by atoms with Gasteiger partial charge in [0.15, 0.2) is 5.96 Å². The largest absolute Gasteiger partial charge is 0.388 e. The fourth-order valence-corrected chi connectivity index (χ4v) is 2.13. The summed E-state index contributed by atoms with van der Waals surface area (Å²) >= 11 is 0. The van der Waals surface area contributed by atoms with Gasteiger partial charge in [-0.2, -0.15) is 0 Å². The van der Waals surface area contributed by atoms with Crippen molar-refractivity contribution in [1.82, 2.24) is 15.2 Å². The number of nitrogens with one attached hydrogen (secondary N) is 2. The summed E-state index contributed by atoms with van der Waals surface area (Å²) in [5, 5.41) is 16.5. The van der Waals surface area contributed by atoms with Gasteiger partial charge in [0.1, 0.15) is 0 Å². The zero-order valence-corrected chi connectivity index (χ0v) is 14.3. The van der Waals surface area contributed by atoms with E-state index in [1.165, 1.54) is 0 Å². The molecule has 0 saturated heterocycles. The molecule has 1 aromatic heterocycles. The highest BCUT2D eigenvalue weighted by Crippen LogP contribution is 2.31. The van der Waals surface area contributed by atoms with Crippen LogP contribution in [0, 0.1) is 0 Å². The summed E-state index contributed by atoms with van der Waals surface area (Å²) in [5.74, 6) is 0.787. The van der Waals surface area contributed by atoms with Gasteiger partial charge in [-0.1, -0.05) is 0 Å². The van der Waals surface area contributed by atoms with Gasteiger partial charge in [0.25, 0.3) is 0 Å². The van der Waals surface area contributed by atoms with E-state index in [0.717, 1.165) is 44.9 Å². The van der Waals surface area contributed by atoms with Crippen LogP contribution >= 0.6 is 24.0 Å². The molecule has 0 radical (unpaired) electrons. The zero-order chi connectivity index (χ0) is 13.6. The number of hydrogen-bond donors (Lipinski definition) is 3. The summed E-state index contributed by atoms with van der Waals surface area (Å²) in [4.78, 5) is 4.46. The molecule has 1 saturated carbocycles. The molecule has 20 heavy (non-hydrogen) atoms. The maximum atomic E-state index is 10.0. The van der Waals surface area contributed by atoms with E-state index in [1.807, 2.05) is 31.5 Å². The number of aromatic nitrogens is 1. The Balaban J connectivity index is 0.00000200. The Morgan fingerprint density at radius 3 is 2.55 bits per heavy atom. The van der Waals surface area contributed by atoms with E-state index in [1.54, 1.807) is 0 Å². The van der Waals surface area contributed by atoms with E-state index in [4.69, 9.17) is 0 Å². The third-order valence-electron chi connectivity index (χ3n) is 3.49. The number of halogens is 1. The van der Waals surface area contributed by atoms with Gasteiger partial charge < -0.3 is 20.3 Å². The lowest BCUT2D eigenvalue weighted by atomic mass is 9.80. The lowest BCUT2D eigenvalue weighted by molar-refractivity contribution is -0.0236. The second-order valence-electron chi connectivity index (χ2n) is 5.12. The van der Waals surface area contributed by atoms with Crippen LogP contribution in [0.3, 0.4) is 0 Å². The quantitative estimate of drug-likeness (QED) is 0.391. The van der Waals surface area contributed by atoms with E-state index in [2.05, 4.69) is 20.2 Å². The fraction of sp³-hybridized carbons (Fsp3) is 0.643. The number of nitrogens with zero attached hydrogens (tertiary/aromatic N) is 2. The van der Waals surface area contributed by atoms with Crippen LogP contribution in [0.1, 0.15) is 26.2 Å². The van der Waals surface area contributed by atoms with E-state index < -0.39 is 5.60 Å². The molecule has 0 bridgehead atoms. The number of hydrogen-bond acceptors (Lipinski definition) is 2. The van der Waals surface area contributed by atoms with E-state index >= 15 is 0 Å². The minimum atomic E-state index is -0.553. The van der Waals surface area contributed by atoms with Crippen LogP contribution in [0.2, 0.25) is 0 Å². The first-order valence-corrected chi connectivity index (χ1v) is 7.07. The van der Waals surface area contributed by atoms with Gasteiger partial charge >= 0.3 is 0 Å². The number of aliphatic hydroxyl groups is 1. The van der Waals surface area contributed by atoms with Crippen molar-refractivity contribution < 1.29 is 5.11 Å². The normalized spacial score (nSPS) is 17.0. The third kappa shape index (κ3) is 5.32. The summed E-state index contributed by atoms with van der Waals surface area (Å²) in [6.45, 7) is 5.08. The van der Waals surface area contributed by atoms with Crippen molar-refractivity contribution in [1.29, 1.82) is 0 Å². The summed E-state index contributed by atoms with van der Waals surface area (Å²) in [6, 6.07) is 4.04. The minimum Gasteiger partial charge on any atom is -0.388 e. The molecular weight excluding hydrogens is 367 g/mol. The summed E-state index contributed by atoms with van der Waals surface area (Å²) < 4.78 is 2.12. The molecule has 6 heteroatoms. The van der Waals surface area contributed by atoms with Crippen LogP contribution < -0.4 is 10.6 Å². The number of aliphatic imine (C=N–C) groups is 1. The maximum Gasteiger partial charge on any atom is 0.191 e. The molecule has 1 aliphatic carbocycles. The molecule has 1 fully saturated rings. The van der Waals surface area contributed by atoms with Gasteiger partial charge in [-0.25, -0.2) is 0 Å². The van der Waals surface area contributed by atoms with Crippen molar-refractivity contribution in [2.45, 2.75) is 38.3 Å². The van der Waals surface area contributed by atoms with Gasteiger partial charge in [0, 0.05) is 32.0 Å². The summed E-state index contributed by atoms with van der Waals surface area (Å²) in [6.07, 6.45) is 6.95. The second-order valence-corrected chi connectivity index (χ2v) is 5.12. The lowest BCUT2D eigenvalue weighted by Crippen LogP contribution is -2.43. The Bertz CT molecular complexity index is 401. The Hall–Kier alpha value is -0.760. The van der Waals surface area contributed by atoms with Crippen LogP contribution in [0.5, 0.6) is 0 Å². The summed E-state index contributed by atoms with van der Waals surface area (Å²) in [7, 11) is 0. The SMILES string of the molecule is CCNC(=NCC1(O)CCC1)NCCn1cccc1.I. The molecule has 1 aromatic rings. The van der Waals surface area contributed by atoms with Gasteiger partial charge in [-0.05, 0) is 38.3 Å². The van der Waals surface area contributed by atoms with Gasteiger partial charge in [-0.15, -0.1) is 24.0 Å². The van der Waals surface area contributed by atoms with Crippen molar-refractivity contribution >= 4 is 29.9 Å². The highest BCUT2D eigenvalue weighted by atomic mass is 127. The van der Waals surface area contributed by atoms with Crippen molar-refractivity contribution in [3.63, 3.8) is 0 Å². The molecule has 1 aliphatic rings. The number of rotatable bonds is 6. The average molecular weight is 392 g/mol. The Morgan fingerprint density at radius 1 is 1.30 bits per heavy atom. The average Bonchev–Trinajstić information content (AvgIpc) is 2.87. The molecular formula is C14H25IN4O. The molecule has 0 atom stereocenters. The molecule has 0 unspecified atom stereocenters. The maximum absolute atomic E-state index is 10.0. The Labute approximate surface area is 137 Å². The Kier molecular flexibility index (Phi) is 7.36. The molecule has 3 N–H and O–H groups in total. The third-order valence-corrected chi connectivity index (χ3v) is 3.49. The fourth-order valence-electron chi connectivity index (χ4n) is 2.13. The van der Waals surface area contributed by atoms with Gasteiger partial charge in [0.05, 0.1) is 12.1 Å². The highest BCUT2D eigenvalue weighted by Gasteiger charge is 2.34. The topological polar surface area (TPSA) is 61.6 Å². The van der Waals surface area contributed by atoms with E-state index in [9.17, 15) is 5.11 Å². The zero-order valence-electron chi connectivity index (χ0n) is 12.0. The highest BCUT2D eigenvalue weighted by molar-refractivity contribution is 14.0. The second kappa shape index (κ2) is 8.51. The number of guanidine groups is 1. The molecule has 0 spiro atoms. The van der Waals surface area contributed by atoms with Crippen LogP contribution in [-0.4, -0.2) is 40.9 Å². The van der Waals surface area contributed by atoms with Crippen molar-refractivity contribution in [2.24, 2.45) is 4.99 Å². The van der Waals surface area contributed by atoms with Crippen LogP contribution in [-0.2, 0) is 6.54 Å². The Morgan fingerprint density at radius 2 is 2.00 bits per heavy atom. The van der Waals surface area contributed by atoms with Crippen LogP contribution in [0.25, 0.3) is 0 Å². The first-order chi connectivity index (χ1) is 9.22. The van der Waals surface area contributed by atoms with E-state index in [0.29, 0.717) is 6.54 Å². The predicted octanol–water partition coefficient (Wildman–Crippen LogP) is 1.58. The molecule has 0 aromatic carbocycles. The van der Waals surface area contributed by atoms with Crippen molar-refractivity contribution in [3.8, 4) is 0 Å². The van der Waals surface area contributed by atoms with Crippen LogP contribution in [0.15, 0.2) is 29.5 Å². The molecule has 1 heterocycles. The van der Waals surface area contributed by atoms with Gasteiger partial charge in [0.2, 0.25) is 0 Å². The first-order valence-electron chi connectivity index (χ1n) is 7.07. The van der Waals surface area contributed by atoms with Crippen molar-refractivity contribution in [2.75, 3.05) is 19.6 Å². The van der Waals surface area contributed by atoms with E-state index in [-0.39, 0.29) is 24.0 Å². The minimum absolute atomic E-state index is 0. The van der Waals surface area contributed by atoms with Gasteiger partial charge in [-0.3, -0.25) is 4.99 Å². The summed E-state index contributed by atoms with van der Waals surface area (Å²) in [5.41, 5.74) is -0.553. The molecule has 5 nitrogen and oxygen atoms in total. The monoisotopic (exact) mass is 392 g/mol. The van der Waals surface area contributed by atoms with Crippen molar-refractivity contribution in [3.05, 3.63) is 24.5 Å².